The zero-order chi connectivity index (χ0) is 18.7. The summed E-state index contributed by atoms with van der Waals surface area (Å²) in [6.07, 6.45) is 1.80. The lowest BCUT2D eigenvalue weighted by Crippen LogP contribution is -2.16. The van der Waals surface area contributed by atoms with Gasteiger partial charge in [-0.15, -0.1) is 6.58 Å². The molecule has 0 saturated carbocycles. The van der Waals surface area contributed by atoms with E-state index in [9.17, 15) is 4.79 Å². The lowest BCUT2D eigenvalue weighted by molar-refractivity contribution is 0.0997. The van der Waals surface area contributed by atoms with Crippen LogP contribution in [0.2, 0.25) is 0 Å². The van der Waals surface area contributed by atoms with E-state index in [2.05, 4.69) is 23.7 Å². The van der Waals surface area contributed by atoms with Crippen LogP contribution in [0.25, 0.3) is 10.2 Å². The molecule has 0 saturated heterocycles. The maximum Gasteiger partial charge on any atom is 0.279 e. The van der Waals surface area contributed by atoms with Gasteiger partial charge in [0.15, 0.2) is 16.3 Å². The highest BCUT2D eigenvalue weighted by molar-refractivity contribution is 7.16. The molecule has 0 atom stereocenters. The molecule has 0 unspecified atom stereocenters. The topological polar surface area (TPSA) is 52.8 Å². The molecule has 3 rings (SSSR count). The molecule has 6 heteroatoms. The van der Waals surface area contributed by atoms with Crippen molar-refractivity contribution in [2.45, 2.75) is 13.5 Å². The van der Waals surface area contributed by atoms with Crippen molar-refractivity contribution in [3.8, 4) is 11.5 Å². The van der Waals surface area contributed by atoms with Crippen LogP contribution in [0.3, 0.4) is 0 Å². The largest absolute Gasteiger partial charge is 0.493 e. The van der Waals surface area contributed by atoms with Crippen molar-refractivity contribution in [1.82, 2.24) is 4.57 Å². The van der Waals surface area contributed by atoms with Crippen molar-refractivity contribution >= 4 is 27.5 Å². The van der Waals surface area contributed by atoms with E-state index in [4.69, 9.17) is 9.47 Å². The van der Waals surface area contributed by atoms with E-state index >= 15 is 0 Å². The van der Waals surface area contributed by atoms with Crippen molar-refractivity contribution in [2.24, 2.45) is 4.99 Å². The summed E-state index contributed by atoms with van der Waals surface area (Å²) in [6.45, 7) is 6.44. The highest BCUT2D eigenvalue weighted by Crippen LogP contribution is 2.27. The summed E-state index contributed by atoms with van der Waals surface area (Å²) in [5, 5.41) is 0. The summed E-state index contributed by atoms with van der Waals surface area (Å²) < 4.78 is 13.6. The van der Waals surface area contributed by atoms with Crippen LogP contribution in [0.1, 0.15) is 15.9 Å². The Morgan fingerprint density at radius 3 is 2.65 bits per heavy atom. The lowest BCUT2D eigenvalue weighted by atomic mass is 10.2. The first-order valence-corrected chi connectivity index (χ1v) is 8.91. The van der Waals surface area contributed by atoms with E-state index < -0.39 is 0 Å². The van der Waals surface area contributed by atoms with Crippen LogP contribution in [0.5, 0.6) is 11.5 Å². The van der Waals surface area contributed by atoms with Gasteiger partial charge in [-0.3, -0.25) is 4.79 Å². The second-order valence-electron chi connectivity index (χ2n) is 5.74. The minimum absolute atomic E-state index is 0.327. The molecule has 3 aromatic rings. The van der Waals surface area contributed by atoms with Crippen LogP contribution >= 0.6 is 11.3 Å². The smallest absolute Gasteiger partial charge is 0.279 e. The maximum absolute atomic E-state index is 12.7. The summed E-state index contributed by atoms with van der Waals surface area (Å²) >= 11 is 1.49. The summed E-state index contributed by atoms with van der Waals surface area (Å²) in [6, 6.07) is 11.2. The SMILES string of the molecule is C=CCn1c(=NC(=O)c2ccc(OC)c(OC)c2)sc2cc(C)ccc21. The first-order chi connectivity index (χ1) is 12.6. The molecule has 0 aliphatic carbocycles. The number of carbonyl (C=O) groups excluding carboxylic acids is 1. The average molecular weight is 368 g/mol. The number of amides is 1. The van der Waals surface area contributed by atoms with Crippen LogP contribution in [0.15, 0.2) is 54.0 Å². The van der Waals surface area contributed by atoms with Crippen molar-refractivity contribution in [3.05, 3.63) is 65.0 Å². The normalized spacial score (nSPS) is 11.6. The van der Waals surface area contributed by atoms with E-state index in [1.54, 1.807) is 31.4 Å². The standard InChI is InChI=1S/C20H20N2O3S/c1-5-10-22-15-8-6-13(2)11-18(15)26-20(22)21-19(23)14-7-9-16(24-3)17(12-14)25-4/h5-9,11-12H,1,10H2,2-4H3. The number of hydrogen-bond donors (Lipinski definition) is 0. The van der Waals surface area contributed by atoms with E-state index in [1.807, 2.05) is 17.6 Å². The highest BCUT2D eigenvalue weighted by Gasteiger charge is 2.12. The molecule has 1 aromatic heterocycles. The molecule has 26 heavy (non-hydrogen) atoms. The van der Waals surface area contributed by atoms with Gasteiger partial charge in [-0.1, -0.05) is 23.5 Å². The number of allylic oxidation sites excluding steroid dienone is 1. The van der Waals surface area contributed by atoms with Crippen molar-refractivity contribution in [1.29, 1.82) is 0 Å². The predicted molar refractivity (Wildman–Crippen MR) is 104 cm³/mol. The van der Waals surface area contributed by atoms with E-state index in [1.165, 1.54) is 24.0 Å². The van der Waals surface area contributed by atoms with Crippen LogP contribution in [0, 0.1) is 6.92 Å². The number of nitrogens with zero attached hydrogens (tertiary/aromatic N) is 2. The fourth-order valence-electron chi connectivity index (χ4n) is 2.69. The lowest BCUT2D eigenvalue weighted by Gasteiger charge is -2.07. The first kappa shape index (κ1) is 17.9. The van der Waals surface area contributed by atoms with Gasteiger partial charge in [-0.05, 0) is 42.8 Å². The molecule has 0 fully saturated rings. The first-order valence-electron chi connectivity index (χ1n) is 8.09. The van der Waals surface area contributed by atoms with Gasteiger partial charge in [-0.2, -0.15) is 4.99 Å². The van der Waals surface area contributed by atoms with Crippen LogP contribution in [0.4, 0.5) is 0 Å². The minimum Gasteiger partial charge on any atom is -0.493 e. The molecule has 1 amide bonds. The summed E-state index contributed by atoms with van der Waals surface area (Å²) in [7, 11) is 3.09. The number of hydrogen-bond acceptors (Lipinski definition) is 4. The Morgan fingerprint density at radius 1 is 1.19 bits per heavy atom. The van der Waals surface area contributed by atoms with E-state index in [0.717, 1.165) is 10.2 Å². The number of carbonyl (C=O) groups is 1. The molecule has 0 spiro atoms. The predicted octanol–water partition coefficient (Wildman–Crippen LogP) is 3.96. The molecule has 134 valence electrons. The zero-order valence-corrected chi connectivity index (χ0v) is 15.8. The molecule has 2 aromatic carbocycles. The monoisotopic (exact) mass is 368 g/mol. The highest BCUT2D eigenvalue weighted by atomic mass is 32.1. The molecule has 5 nitrogen and oxygen atoms in total. The number of aromatic nitrogens is 1. The Balaban J connectivity index is 2.10. The van der Waals surface area contributed by atoms with Crippen molar-refractivity contribution in [3.63, 3.8) is 0 Å². The van der Waals surface area contributed by atoms with Crippen LogP contribution < -0.4 is 14.3 Å². The zero-order valence-electron chi connectivity index (χ0n) is 15.0. The molecule has 1 heterocycles. The molecule has 0 N–H and O–H groups in total. The number of methoxy groups -OCH3 is 2. The van der Waals surface area contributed by atoms with E-state index in [0.29, 0.717) is 28.4 Å². The quantitative estimate of drug-likeness (QED) is 0.641. The van der Waals surface area contributed by atoms with E-state index in [-0.39, 0.29) is 5.91 Å². The van der Waals surface area contributed by atoms with Gasteiger partial charge in [0, 0.05) is 12.1 Å². The molecular weight excluding hydrogens is 348 g/mol. The van der Waals surface area contributed by atoms with Gasteiger partial charge < -0.3 is 14.0 Å². The Labute approximate surface area is 155 Å². The number of ether oxygens (including phenoxy) is 2. The van der Waals surface area contributed by atoms with Crippen molar-refractivity contribution in [2.75, 3.05) is 14.2 Å². The van der Waals surface area contributed by atoms with Gasteiger partial charge in [0.25, 0.3) is 5.91 Å². The fraction of sp³-hybridized carbons (Fsp3) is 0.200. The Hall–Kier alpha value is -2.86. The second-order valence-corrected chi connectivity index (χ2v) is 6.75. The fourth-order valence-corrected chi connectivity index (χ4v) is 3.83. The van der Waals surface area contributed by atoms with Gasteiger partial charge in [0.05, 0.1) is 24.4 Å². The van der Waals surface area contributed by atoms with Gasteiger partial charge in [-0.25, -0.2) is 0 Å². The van der Waals surface area contributed by atoms with Crippen molar-refractivity contribution < 1.29 is 14.3 Å². The third-order valence-electron chi connectivity index (χ3n) is 3.98. The molecule has 0 radical (unpaired) electrons. The number of aryl methyl sites for hydroxylation is 1. The minimum atomic E-state index is -0.327. The molecular formula is C20H20N2O3S. The third kappa shape index (κ3) is 3.41. The molecule has 0 aliphatic heterocycles. The van der Waals surface area contributed by atoms with Gasteiger partial charge in [0.1, 0.15) is 0 Å². The molecule has 0 aliphatic rings. The summed E-state index contributed by atoms with van der Waals surface area (Å²) in [5.74, 6) is 0.745. The van der Waals surface area contributed by atoms with Crippen LogP contribution in [-0.2, 0) is 6.54 Å². The Morgan fingerprint density at radius 2 is 1.96 bits per heavy atom. The summed E-state index contributed by atoms with van der Waals surface area (Å²) in [4.78, 5) is 17.7. The molecule has 0 bridgehead atoms. The Kier molecular flexibility index (Phi) is 5.23. The maximum atomic E-state index is 12.7. The van der Waals surface area contributed by atoms with Gasteiger partial charge in [0.2, 0.25) is 0 Å². The number of thiazole rings is 1. The second kappa shape index (κ2) is 7.58. The number of fused-ring (bicyclic) bond motifs is 1. The number of rotatable bonds is 5. The average Bonchev–Trinajstić information content (AvgIpc) is 2.97. The van der Waals surface area contributed by atoms with Gasteiger partial charge >= 0.3 is 0 Å². The summed E-state index contributed by atoms with van der Waals surface area (Å²) in [5.41, 5.74) is 2.66. The Bertz CT molecular complexity index is 1050. The third-order valence-corrected chi connectivity index (χ3v) is 5.02. The van der Waals surface area contributed by atoms with Crippen LogP contribution in [-0.4, -0.2) is 24.7 Å². The number of benzene rings is 2.